The second-order valence-electron chi connectivity index (χ2n) is 6.16. The molecule has 0 aliphatic rings. The number of carbonyl (C=O) groups excluding carboxylic acids is 1. The molecular formula is C21H28N2O5S. The van der Waals surface area contributed by atoms with Crippen molar-refractivity contribution in [3.63, 3.8) is 0 Å². The summed E-state index contributed by atoms with van der Waals surface area (Å²) in [5.74, 6) is 0.657. The molecule has 2 aromatic carbocycles. The minimum Gasteiger partial charge on any atom is -0.455 e. The largest absolute Gasteiger partial charge is 0.455 e. The number of nitrogens with zero attached hydrogens (tertiary/aromatic N) is 1. The SMILES string of the molecule is CCOCCC(=O)Nc1cc(S(=O)(=O)N(CC)CC)ccc1Oc1ccccc1. The molecule has 0 fully saturated rings. The summed E-state index contributed by atoms with van der Waals surface area (Å²) < 4.78 is 38.2. The smallest absolute Gasteiger partial charge is 0.243 e. The predicted molar refractivity (Wildman–Crippen MR) is 113 cm³/mol. The fraction of sp³-hybridized carbons (Fsp3) is 0.381. The van der Waals surface area contributed by atoms with Crippen LogP contribution in [0.3, 0.4) is 0 Å². The topological polar surface area (TPSA) is 84.9 Å². The zero-order valence-corrected chi connectivity index (χ0v) is 17.9. The molecule has 0 aliphatic heterocycles. The standard InChI is InChI=1S/C21H28N2O5S/c1-4-23(5-2)29(25,26)18-12-13-20(28-17-10-8-7-9-11-17)19(16-18)22-21(24)14-15-27-6-3/h7-13,16H,4-6,14-15H2,1-3H3,(H,22,24). The Morgan fingerprint density at radius 1 is 1.03 bits per heavy atom. The van der Waals surface area contributed by atoms with Gasteiger partial charge in [-0.1, -0.05) is 32.0 Å². The minimum atomic E-state index is -3.67. The molecule has 0 saturated heterocycles. The summed E-state index contributed by atoms with van der Waals surface area (Å²) in [4.78, 5) is 12.4. The van der Waals surface area contributed by atoms with E-state index >= 15 is 0 Å². The number of ether oxygens (including phenoxy) is 2. The van der Waals surface area contributed by atoms with Crippen LogP contribution >= 0.6 is 0 Å². The number of anilines is 1. The van der Waals surface area contributed by atoms with Crippen LogP contribution in [0.25, 0.3) is 0 Å². The lowest BCUT2D eigenvalue weighted by Crippen LogP contribution is -2.30. The third kappa shape index (κ3) is 6.28. The highest BCUT2D eigenvalue weighted by Gasteiger charge is 2.23. The highest BCUT2D eigenvalue weighted by atomic mass is 32.2. The van der Waals surface area contributed by atoms with Crippen molar-refractivity contribution in [1.82, 2.24) is 4.31 Å². The monoisotopic (exact) mass is 420 g/mol. The van der Waals surface area contributed by atoms with Gasteiger partial charge in [0.15, 0.2) is 5.75 Å². The molecule has 0 unspecified atom stereocenters. The number of hydrogen-bond donors (Lipinski definition) is 1. The summed E-state index contributed by atoms with van der Waals surface area (Å²) >= 11 is 0. The van der Waals surface area contributed by atoms with Gasteiger partial charge in [0, 0.05) is 19.7 Å². The van der Waals surface area contributed by atoms with E-state index in [1.807, 2.05) is 25.1 Å². The summed E-state index contributed by atoms with van der Waals surface area (Å²) in [5.41, 5.74) is 0.295. The number of rotatable bonds is 11. The summed E-state index contributed by atoms with van der Waals surface area (Å²) in [6.45, 7) is 6.94. The average Bonchev–Trinajstić information content (AvgIpc) is 2.71. The quantitative estimate of drug-likeness (QED) is 0.558. The van der Waals surface area contributed by atoms with E-state index in [9.17, 15) is 13.2 Å². The molecule has 0 atom stereocenters. The number of amides is 1. The zero-order valence-electron chi connectivity index (χ0n) is 17.1. The maximum Gasteiger partial charge on any atom is 0.243 e. The lowest BCUT2D eigenvalue weighted by molar-refractivity contribution is -0.117. The molecule has 158 valence electrons. The molecule has 29 heavy (non-hydrogen) atoms. The van der Waals surface area contributed by atoms with E-state index in [4.69, 9.17) is 9.47 Å². The highest BCUT2D eigenvalue weighted by Crippen LogP contribution is 2.32. The molecule has 0 radical (unpaired) electrons. The first kappa shape index (κ1) is 22.9. The Balaban J connectivity index is 2.36. The first-order valence-corrected chi connectivity index (χ1v) is 11.1. The van der Waals surface area contributed by atoms with Crippen molar-refractivity contribution in [2.24, 2.45) is 0 Å². The van der Waals surface area contributed by atoms with Crippen LogP contribution in [0.4, 0.5) is 5.69 Å². The molecular weight excluding hydrogens is 392 g/mol. The molecule has 0 heterocycles. The average molecular weight is 421 g/mol. The maximum absolute atomic E-state index is 12.9. The van der Waals surface area contributed by atoms with Gasteiger partial charge in [-0.2, -0.15) is 4.31 Å². The summed E-state index contributed by atoms with van der Waals surface area (Å²) in [7, 11) is -3.67. The normalized spacial score (nSPS) is 11.4. The van der Waals surface area contributed by atoms with Gasteiger partial charge in [-0.25, -0.2) is 8.42 Å². The van der Waals surface area contributed by atoms with Crippen molar-refractivity contribution in [1.29, 1.82) is 0 Å². The molecule has 2 rings (SSSR count). The Morgan fingerprint density at radius 2 is 1.72 bits per heavy atom. The van der Waals surface area contributed by atoms with Crippen molar-refractivity contribution in [2.75, 3.05) is 31.6 Å². The van der Waals surface area contributed by atoms with Gasteiger partial charge in [0.25, 0.3) is 0 Å². The summed E-state index contributed by atoms with van der Waals surface area (Å²) in [5, 5.41) is 2.75. The fourth-order valence-electron chi connectivity index (χ4n) is 2.71. The van der Waals surface area contributed by atoms with E-state index in [-0.39, 0.29) is 23.8 Å². The van der Waals surface area contributed by atoms with E-state index in [0.717, 1.165) is 0 Å². The first-order valence-electron chi connectivity index (χ1n) is 9.67. The molecule has 0 aliphatic carbocycles. The minimum absolute atomic E-state index is 0.0988. The molecule has 0 spiro atoms. The molecule has 0 aromatic heterocycles. The van der Waals surface area contributed by atoms with E-state index in [1.165, 1.54) is 16.4 Å². The van der Waals surface area contributed by atoms with Crippen LogP contribution in [0.2, 0.25) is 0 Å². The highest BCUT2D eigenvalue weighted by molar-refractivity contribution is 7.89. The van der Waals surface area contributed by atoms with Crippen molar-refractivity contribution in [3.8, 4) is 11.5 Å². The van der Waals surface area contributed by atoms with Gasteiger partial charge < -0.3 is 14.8 Å². The third-order valence-electron chi connectivity index (χ3n) is 4.22. The predicted octanol–water partition coefficient (Wildman–Crippen LogP) is 3.87. The van der Waals surface area contributed by atoms with Crippen LogP contribution in [-0.4, -0.2) is 44.9 Å². The Bertz CT molecular complexity index is 897. The van der Waals surface area contributed by atoms with Crippen LogP contribution in [-0.2, 0) is 19.6 Å². The second-order valence-corrected chi connectivity index (χ2v) is 8.10. The number of sulfonamides is 1. The molecule has 0 bridgehead atoms. The van der Waals surface area contributed by atoms with Gasteiger partial charge in [0.1, 0.15) is 5.75 Å². The fourth-order valence-corrected chi connectivity index (χ4v) is 4.19. The van der Waals surface area contributed by atoms with Crippen LogP contribution in [0, 0.1) is 0 Å². The van der Waals surface area contributed by atoms with E-state index in [2.05, 4.69) is 5.32 Å². The molecule has 2 aromatic rings. The third-order valence-corrected chi connectivity index (χ3v) is 6.26. The number of hydrogen-bond acceptors (Lipinski definition) is 5. The zero-order chi connectivity index (χ0) is 21.3. The van der Waals surface area contributed by atoms with Gasteiger partial charge in [-0.05, 0) is 37.3 Å². The Morgan fingerprint density at radius 3 is 2.34 bits per heavy atom. The number of benzene rings is 2. The van der Waals surface area contributed by atoms with Crippen LogP contribution in [0.1, 0.15) is 27.2 Å². The van der Waals surface area contributed by atoms with Gasteiger partial charge in [0.2, 0.25) is 15.9 Å². The Kier molecular flexibility index (Phi) is 8.63. The van der Waals surface area contributed by atoms with Gasteiger partial charge in [-0.3, -0.25) is 4.79 Å². The van der Waals surface area contributed by atoms with Gasteiger partial charge in [-0.15, -0.1) is 0 Å². The molecule has 7 nitrogen and oxygen atoms in total. The van der Waals surface area contributed by atoms with Crippen molar-refractivity contribution < 1.29 is 22.7 Å². The van der Waals surface area contributed by atoms with Crippen LogP contribution < -0.4 is 10.1 Å². The lowest BCUT2D eigenvalue weighted by atomic mass is 10.2. The number of para-hydroxylation sites is 1. The van der Waals surface area contributed by atoms with Gasteiger partial charge in [0.05, 0.1) is 23.6 Å². The maximum atomic E-state index is 12.9. The molecule has 1 amide bonds. The molecule has 0 saturated carbocycles. The van der Waals surface area contributed by atoms with E-state index in [0.29, 0.717) is 36.9 Å². The number of nitrogens with one attached hydrogen (secondary N) is 1. The first-order chi connectivity index (χ1) is 13.9. The summed E-state index contributed by atoms with van der Waals surface area (Å²) in [6.07, 6.45) is 0.158. The van der Waals surface area contributed by atoms with E-state index < -0.39 is 10.0 Å². The van der Waals surface area contributed by atoms with E-state index in [1.54, 1.807) is 32.0 Å². The Hall–Kier alpha value is -2.42. The van der Waals surface area contributed by atoms with Crippen molar-refractivity contribution in [3.05, 3.63) is 48.5 Å². The van der Waals surface area contributed by atoms with Gasteiger partial charge >= 0.3 is 0 Å². The van der Waals surface area contributed by atoms with Crippen molar-refractivity contribution in [2.45, 2.75) is 32.1 Å². The van der Waals surface area contributed by atoms with Crippen molar-refractivity contribution >= 4 is 21.6 Å². The molecule has 1 N–H and O–H groups in total. The number of carbonyl (C=O) groups is 1. The lowest BCUT2D eigenvalue weighted by Gasteiger charge is -2.20. The second kappa shape index (κ2) is 10.9. The molecule has 8 heteroatoms. The Labute approximate surface area is 172 Å². The summed E-state index contributed by atoms with van der Waals surface area (Å²) in [6, 6.07) is 13.6. The van der Waals surface area contributed by atoms with Crippen LogP contribution in [0.15, 0.2) is 53.4 Å². The van der Waals surface area contributed by atoms with Crippen LogP contribution in [0.5, 0.6) is 11.5 Å².